The molecule has 37 heavy (non-hydrogen) atoms. The molecule has 1 aliphatic rings. The fourth-order valence-corrected chi connectivity index (χ4v) is 6.76. The van der Waals surface area contributed by atoms with Crippen LogP contribution >= 0.6 is 11.3 Å². The van der Waals surface area contributed by atoms with E-state index in [1.54, 1.807) is 43.7 Å². The van der Waals surface area contributed by atoms with Crippen molar-refractivity contribution in [2.24, 2.45) is 0 Å². The summed E-state index contributed by atoms with van der Waals surface area (Å²) in [4.78, 5) is 25.8. The number of amides is 1. The Kier molecular flexibility index (Phi) is 8.72. The zero-order valence-electron chi connectivity index (χ0n) is 21.1. The van der Waals surface area contributed by atoms with E-state index in [-0.39, 0.29) is 35.6 Å². The maximum atomic E-state index is 13.1. The Bertz CT molecular complexity index is 1310. The quantitative estimate of drug-likeness (QED) is 0.350. The first-order valence-electron chi connectivity index (χ1n) is 12.4. The Balaban J connectivity index is 1.52. The van der Waals surface area contributed by atoms with Crippen LogP contribution in [0.15, 0.2) is 47.8 Å². The van der Waals surface area contributed by atoms with Crippen molar-refractivity contribution in [1.82, 2.24) is 25.0 Å². The van der Waals surface area contributed by atoms with Gasteiger partial charge in [-0.15, -0.1) is 11.3 Å². The van der Waals surface area contributed by atoms with Gasteiger partial charge in [-0.2, -0.15) is 0 Å². The number of carbonyl (C=O) groups excluding carboxylic acids is 1. The van der Waals surface area contributed by atoms with E-state index < -0.39 is 10.0 Å². The van der Waals surface area contributed by atoms with Crippen LogP contribution in [-0.2, 0) is 14.8 Å². The van der Waals surface area contributed by atoms with E-state index in [4.69, 9.17) is 4.74 Å². The molecule has 1 aromatic carbocycles. The summed E-state index contributed by atoms with van der Waals surface area (Å²) < 4.78 is 34.0. The van der Waals surface area contributed by atoms with Gasteiger partial charge >= 0.3 is 6.09 Å². The number of alkyl carbamates (subject to hydrolysis) is 1. The first kappa shape index (κ1) is 27.0. The van der Waals surface area contributed by atoms with E-state index in [0.29, 0.717) is 17.2 Å². The molecule has 198 valence electrons. The number of aromatic nitrogens is 3. The highest BCUT2D eigenvalue weighted by Crippen LogP contribution is 2.40. The Morgan fingerprint density at radius 1 is 1.14 bits per heavy atom. The molecule has 0 saturated heterocycles. The number of benzene rings is 1. The summed E-state index contributed by atoms with van der Waals surface area (Å²) in [6, 6.07) is 6.99. The summed E-state index contributed by atoms with van der Waals surface area (Å²) in [5, 5.41) is 6.98. The van der Waals surface area contributed by atoms with Gasteiger partial charge in [-0.05, 0) is 57.7 Å². The zero-order chi connectivity index (χ0) is 26.4. The lowest BCUT2D eigenvalue weighted by atomic mass is 9.86. The molecule has 12 heteroatoms. The van der Waals surface area contributed by atoms with E-state index in [1.165, 1.54) is 11.3 Å². The van der Waals surface area contributed by atoms with Gasteiger partial charge in [-0.1, -0.05) is 13.0 Å². The number of anilines is 2. The summed E-state index contributed by atoms with van der Waals surface area (Å²) >= 11 is 1.51. The third-order valence-corrected chi connectivity index (χ3v) is 8.74. The maximum Gasteiger partial charge on any atom is 0.407 e. The number of nitrogens with one attached hydrogen (secondary N) is 3. The summed E-state index contributed by atoms with van der Waals surface area (Å²) in [7, 11) is -3.75. The number of ether oxygens (including phenoxy) is 1. The second-order valence-electron chi connectivity index (χ2n) is 9.12. The molecular weight excluding hydrogens is 512 g/mol. The predicted molar refractivity (Wildman–Crippen MR) is 143 cm³/mol. The average Bonchev–Trinajstić information content (AvgIpc) is 3.35. The van der Waals surface area contributed by atoms with Gasteiger partial charge in [-0.3, -0.25) is 0 Å². The number of sulfonamides is 1. The highest BCUT2D eigenvalue weighted by Gasteiger charge is 2.27. The lowest BCUT2D eigenvalue weighted by molar-refractivity contribution is 0.109. The molecule has 1 saturated carbocycles. The van der Waals surface area contributed by atoms with Gasteiger partial charge in [-0.25, -0.2) is 32.9 Å². The molecule has 0 aliphatic heterocycles. The molecule has 0 spiro atoms. The van der Waals surface area contributed by atoms with Crippen molar-refractivity contribution in [3.63, 3.8) is 0 Å². The van der Waals surface area contributed by atoms with E-state index >= 15 is 0 Å². The highest BCUT2D eigenvalue weighted by atomic mass is 32.2. The van der Waals surface area contributed by atoms with Crippen molar-refractivity contribution in [2.75, 3.05) is 11.9 Å². The van der Waals surface area contributed by atoms with Gasteiger partial charge in [0.1, 0.15) is 0 Å². The number of hydrogen-bond donors (Lipinski definition) is 3. The second kappa shape index (κ2) is 12.0. The van der Waals surface area contributed by atoms with Crippen LogP contribution in [0.2, 0.25) is 0 Å². The van der Waals surface area contributed by atoms with Crippen LogP contribution in [0.4, 0.5) is 16.4 Å². The minimum absolute atomic E-state index is 0.0902. The van der Waals surface area contributed by atoms with E-state index in [9.17, 15) is 13.2 Å². The molecular formula is C25H32N6O4S2. The Hall–Kier alpha value is -3.09. The van der Waals surface area contributed by atoms with Crippen molar-refractivity contribution in [3.05, 3.63) is 47.9 Å². The number of nitrogens with zero attached hydrogens (tertiary/aromatic N) is 3. The fourth-order valence-electron chi connectivity index (χ4n) is 4.29. The number of carbonyl (C=O) groups is 1. The SMILES string of the molecule is CCNS(=O)(=O)c1cc(Nc2ncccn2)ccc1-c1cnc(C2CCC(NC(=O)OC(C)C)CC2)s1. The molecule has 3 aromatic rings. The molecule has 0 unspecified atom stereocenters. The second-order valence-corrected chi connectivity index (χ2v) is 11.9. The van der Waals surface area contributed by atoms with Crippen molar-refractivity contribution in [1.29, 1.82) is 0 Å². The number of rotatable bonds is 9. The Morgan fingerprint density at radius 2 is 1.86 bits per heavy atom. The summed E-state index contributed by atoms with van der Waals surface area (Å²) in [6.07, 6.45) is 7.91. The number of thiazole rings is 1. The van der Waals surface area contributed by atoms with Crippen LogP contribution in [0.25, 0.3) is 10.4 Å². The lowest BCUT2D eigenvalue weighted by Crippen LogP contribution is -2.38. The third kappa shape index (κ3) is 7.02. The minimum atomic E-state index is -3.75. The van der Waals surface area contributed by atoms with Crippen LogP contribution in [-0.4, -0.2) is 48.2 Å². The van der Waals surface area contributed by atoms with E-state index in [1.807, 2.05) is 19.9 Å². The third-order valence-electron chi connectivity index (χ3n) is 5.96. The smallest absolute Gasteiger partial charge is 0.407 e. The molecule has 0 atom stereocenters. The lowest BCUT2D eigenvalue weighted by Gasteiger charge is -2.28. The van der Waals surface area contributed by atoms with Crippen molar-refractivity contribution < 1.29 is 17.9 Å². The molecule has 3 N–H and O–H groups in total. The molecule has 1 amide bonds. The highest BCUT2D eigenvalue weighted by molar-refractivity contribution is 7.89. The largest absolute Gasteiger partial charge is 0.447 e. The summed E-state index contributed by atoms with van der Waals surface area (Å²) in [6.45, 7) is 5.67. The summed E-state index contributed by atoms with van der Waals surface area (Å²) in [5.74, 6) is 0.646. The van der Waals surface area contributed by atoms with Crippen molar-refractivity contribution in [3.8, 4) is 10.4 Å². The van der Waals surface area contributed by atoms with Gasteiger partial charge in [0.25, 0.3) is 0 Å². The fraction of sp³-hybridized carbons (Fsp3) is 0.440. The molecule has 4 rings (SSSR count). The molecule has 0 radical (unpaired) electrons. The molecule has 1 fully saturated rings. The molecule has 2 heterocycles. The standard InChI is InChI=1S/C25H32N6O4S2/c1-4-29-37(33,34)22-14-19(30-24-26-12-5-13-27-24)10-11-20(22)21-15-28-23(36-21)17-6-8-18(9-7-17)31-25(32)35-16(2)3/h5,10-18,29H,4,6-9H2,1-3H3,(H,31,32)(H,26,27,30). The van der Waals surface area contributed by atoms with Crippen LogP contribution in [0.1, 0.15) is 57.4 Å². The van der Waals surface area contributed by atoms with Gasteiger partial charge in [0.2, 0.25) is 16.0 Å². The van der Waals surface area contributed by atoms with Crippen molar-refractivity contribution >= 4 is 39.1 Å². The van der Waals surface area contributed by atoms with Crippen LogP contribution in [0.5, 0.6) is 0 Å². The normalized spacial score (nSPS) is 17.9. The Labute approximate surface area is 221 Å². The minimum Gasteiger partial charge on any atom is -0.447 e. The first-order valence-corrected chi connectivity index (χ1v) is 14.7. The van der Waals surface area contributed by atoms with Crippen LogP contribution in [0, 0.1) is 0 Å². The van der Waals surface area contributed by atoms with Crippen LogP contribution in [0.3, 0.4) is 0 Å². The molecule has 0 bridgehead atoms. The first-order chi connectivity index (χ1) is 17.7. The Morgan fingerprint density at radius 3 is 2.54 bits per heavy atom. The van der Waals surface area contributed by atoms with Gasteiger partial charge in [0.15, 0.2) is 0 Å². The van der Waals surface area contributed by atoms with E-state index in [0.717, 1.165) is 35.6 Å². The van der Waals surface area contributed by atoms with Gasteiger partial charge in [0, 0.05) is 48.3 Å². The summed E-state index contributed by atoms with van der Waals surface area (Å²) in [5.41, 5.74) is 1.16. The van der Waals surface area contributed by atoms with E-state index in [2.05, 4.69) is 30.3 Å². The van der Waals surface area contributed by atoms with Crippen LogP contribution < -0.4 is 15.4 Å². The van der Waals surface area contributed by atoms with Crippen molar-refractivity contribution in [2.45, 2.75) is 69.4 Å². The van der Waals surface area contributed by atoms with Gasteiger partial charge < -0.3 is 15.4 Å². The topological polar surface area (TPSA) is 135 Å². The molecule has 10 nitrogen and oxygen atoms in total. The average molecular weight is 545 g/mol. The maximum absolute atomic E-state index is 13.1. The zero-order valence-corrected chi connectivity index (χ0v) is 22.7. The molecule has 1 aliphatic carbocycles. The number of hydrogen-bond acceptors (Lipinski definition) is 9. The van der Waals surface area contributed by atoms with Gasteiger partial charge in [0.05, 0.1) is 20.9 Å². The molecule has 2 aromatic heterocycles. The predicted octanol–water partition coefficient (Wildman–Crippen LogP) is 4.80. The monoisotopic (exact) mass is 544 g/mol.